The molecule has 0 saturated heterocycles. The van der Waals surface area contributed by atoms with Crippen LogP contribution in [0.15, 0.2) is 27.4 Å². The molecule has 2 nitrogen and oxygen atoms in total. The number of rotatable bonds is 0. The number of pyridine rings is 1. The van der Waals surface area contributed by atoms with Crippen LogP contribution in [0.5, 0.6) is 0 Å². The van der Waals surface area contributed by atoms with Crippen molar-refractivity contribution in [1.82, 2.24) is 11.1 Å². The topological polar surface area (TPSA) is 43.4 Å². The number of nitrogens with zero attached hydrogens (tertiary/aromatic N) is 2. The predicted octanol–water partition coefficient (Wildman–Crippen LogP) is 2.13. The van der Waals surface area contributed by atoms with Crippen LogP contribution in [0.1, 0.15) is 0 Å². The highest BCUT2D eigenvalue weighted by molar-refractivity contribution is 9.13. The Morgan fingerprint density at radius 1 is 1.33 bits per heavy atom. The van der Waals surface area contributed by atoms with E-state index in [0.717, 1.165) is 9.08 Å². The van der Waals surface area contributed by atoms with E-state index >= 15 is 0 Å². The zero-order valence-corrected chi connectivity index (χ0v) is 7.55. The molecule has 4 heteroatoms. The molecular weight excluding hydrogens is 248 g/mol. The Morgan fingerprint density at radius 3 is 2.33 bits per heavy atom. The monoisotopic (exact) mass is 249 g/mol. The molecule has 9 heavy (non-hydrogen) atoms. The van der Waals surface area contributed by atoms with Gasteiger partial charge in [-0.3, -0.25) is 0 Å². The summed E-state index contributed by atoms with van der Waals surface area (Å²) in [4.78, 5) is 3.95. The SMILES string of the molecule is Brc1cccnc1Br.[N]. The highest BCUT2D eigenvalue weighted by atomic mass is 79.9. The molecule has 1 heterocycles. The van der Waals surface area contributed by atoms with Gasteiger partial charge in [0.1, 0.15) is 4.60 Å². The van der Waals surface area contributed by atoms with E-state index in [9.17, 15) is 0 Å². The summed E-state index contributed by atoms with van der Waals surface area (Å²) in [5.74, 6) is 0. The van der Waals surface area contributed by atoms with Crippen molar-refractivity contribution in [1.29, 1.82) is 0 Å². The lowest BCUT2D eigenvalue weighted by molar-refractivity contribution is 1.26. The molecule has 0 saturated carbocycles. The average molecular weight is 251 g/mol. The lowest BCUT2D eigenvalue weighted by Crippen LogP contribution is -1.71. The highest BCUT2D eigenvalue weighted by Crippen LogP contribution is 2.17. The quantitative estimate of drug-likeness (QED) is 0.651. The van der Waals surface area contributed by atoms with Gasteiger partial charge in [0.25, 0.3) is 0 Å². The molecule has 0 aliphatic carbocycles. The van der Waals surface area contributed by atoms with E-state index in [1.807, 2.05) is 12.1 Å². The molecule has 47 valence electrons. The van der Waals surface area contributed by atoms with Crippen molar-refractivity contribution in [3.8, 4) is 0 Å². The summed E-state index contributed by atoms with van der Waals surface area (Å²) in [5, 5.41) is 0. The maximum Gasteiger partial charge on any atom is 0.120 e. The summed E-state index contributed by atoms with van der Waals surface area (Å²) in [7, 11) is 0. The summed E-state index contributed by atoms with van der Waals surface area (Å²) in [5.41, 5.74) is 0. The largest absolute Gasteiger partial charge is 0.248 e. The van der Waals surface area contributed by atoms with Gasteiger partial charge < -0.3 is 0 Å². The van der Waals surface area contributed by atoms with E-state index < -0.39 is 0 Å². The molecule has 0 aliphatic rings. The average Bonchev–Trinajstić information content (AvgIpc) is 1.77. The van der Waals surface area contributed by atoms with Crippen LogP contribution in [0.4, 0.5) is 0 Å². The second-order valence-corrected chi connectivity index (χ2v) is 2.88. The summed E-state index contributed by atoms with van der Waals surface area (Å²) in [6.07, 6.45) is 1.73. The van der Waals surface area contributed by atoms with Crippen molar-refractivity contribution in [2.45, 2.75) is 0 Å². The van der Waals surface area contributed by atoms with Crippen molar-refractivity contribution in [2.75, 3.05) is 0 Å². The third-order valence-corrected chi connectivity index (χ3v) is 2.52. The molecule has 0 atom stereocenters. The molecule has 0 aliphatic heterocycles. The Kier molecular flexibility index (Phi) is 4.01. The highest BCUT2D eigenvalue weighted by Gasteiger charge is 1.90. The number of hydrogen-bond acceptors (Lipinski definition) is 1. The van der Waals surface area contributed by atoms with Crippen molar-refractivity contribution >= 4 is 31.9 Å². The Bertz CT molecular complexity index is 169. The van der Waals surface area contributed by atoms with Crippen LogP contribution in [-0.2, 0) is 0 Å². The fourth-order valence-corrected chi connectivity index (χ4v) is 0.872. The van der Waals surface area contributed by atoms with Gasteiger partial charge in [0.05, 0.1) is 4.47 Å². The van der Waals surface area contributed by atoms with Gasteiger partial charge >= 0.3 is 0 Å². The first-order chi connectivity index (χ1) is 3.80. The van der Waals surface area contributed by atoms with Crippen molar-refractivity contribution in [2.24, 2.45) is 0 Å². The van der Waals surface area contributed by atoms with E-state index in [-0.39, 0.29) is 6.15 Å². The fourth-order valence-electron chi connectivity index (χ4n) is 0.366. The Labute approximate surface area is 70.5 Å². The molecule has 0 unspecified atom stereocenters. The van der Waals surface area contributed by atoms with Gasteiger partial charge in [-0.05, 0) is 44.0 Å². The molecule has 0 fully saturated rings. The molecule has 1 aromatic heterocycles. The van der Waals surface area contributed by atoms with E-state index in [4.69, 9.17) is 0 Å². The molecular formula is C5H3Br2N2. The maximum absolute atomic E-state index is 3.95. The van der Waals surface area contributed by atoms with Gasteiger partial charge in [-0.2, -0.15) is 0 Å². The second-order valence-electron chi connectivity index (χ2n) is 1.28. The third kappa shape index (κ3) is 2.43. The molecule has 3 radical (unpaired) electrons. The molecule has 1 rings (SSSR count). The predicted molar refractivity (Wildman–Crippen MR) is 41.8 cm³/mol. The maximum atomic E-state index is 3.95. The molecule has 1 aromatic rings. The van der Waals surface area contributed by atoms with Gasteiger partial charge in [0.15, 0.2) is 0 Å². The normalized spacial score (nSPS) is 8.22. The first kappa shape index (κ1) is 9.07. The summed E-state index contributed by atoms with van der Waals surface area (Å²) < 4.78 is 1.83. The van der Waals surface area contributed by atoms with E-state index in [1.54, 1.807) is 6.20 Å². The van der Waals surface area contributed by atoms with Crippen LogP contribution in [0, 0.1) is 0 Å². The number of hydrogen-bond donors (Lipinski definition) is 0. The lowest BCUT2D eigenvalue weighted by Gasteiger charge is -1.88. The Morgan fingerprint density at radius 2 is 2.00 bits per heavy atom. The standard InChI is InChI=1S/C5H3Br2N.N/c6-4-2-1-3-8-5(4)7;/h1-3H;. The van der Waals surface area contributed by atoms with Crippen LogP contribution in [0.25, 0.3) is 0 Å². The first-order valence-corrected chi connectivity index (χ1v) is 3.65. The molecule has 0 spiro atoms. The zero-order valence-electron chi connectivity index (χ0n) is 4.38. The first-order valence-electron chi connectivity index (χ1n) is 2.07. The number of halogens is 2. The minimum absolute atomic E-state index is 0. The van der Waals surface area contributed by atoms with E-state index in [0.29, 0.717) is 0 Å². The molecule has 0 aromatic carbocycles. The molecule has 0 amide bonds. The van der Waals surface area contributed by atoms with Gasteiger partial charge in [-0.15, -0.1) is 0 Å². The lowest BCUT2D eigenvalue weighted by atomic mass is 10.5. The van der Waals surface area contributed by atoms with Crippen molar-refractivity contribution in [3.63, 3.8) is 0 Å². The minimum Gasteiger partial charge on any atom is -0.248 e. The summed E-state index contributed by atoms with van der Waals surface area (Å²) >= 11 is 6.52. The van der Waals surface area contributed by atoms with Gasteiger partial charge in [-0.1, -0.05) is 0 Å². The van der Waals surface area contributed by atoms with Crippen LogP contribution in [0.2, 0.25) is 0 Å². The van der Waals surface area contributed by atoms with Crippen LogP contribution in [0.3, 0.4) is 0 Å². The third-order valence-electron chi connectivity index (χ3n) is 0.714. The van der Waals surface area contributed by atoms with Gasteiger partial charge in [-0.25, -0.2) is 4.98 Å². The fraction of sp³-hybridized carbons (Fsp3) is 0. The minimum atomic E-state index is 0. The second kappa shape index (κ2) is 3.98. The van der Waals surface area contributed by atoms with Crippen LogP contribution < -0.4 is 6.15 Å². The molecule has 0 N–H and O–H groups in total. The number of aromatic nitrogens is 1. The van der Waals surface area contributed by atoms with Crippen LogP contribution >= 0.6 is 31.9 Å². The Balaban J connectivity index is 0.000000640. The van der Waals surface area contributed by atoms with E-state index in [2.05, 4.69) is 36.8 Å². The van der Waals surface area contributed by atoms with Crippen molar-refractivity contribution in [3.05, 3.63) is 27.4 Å². The summed E-state index contributed by atoms with van der Waals surface area (Å²) in [6.45, 7) is 0. The zero-order chi connectivity index (χ0) is 5.98. The van der Waals surface area contributed by atoms with Gasteiger partial charge in [0.2, 0.25) is 0 Å². The summed E-state index contributed by atoms with van der Waals surface area (Å²) in [6, 6.07) is 3.80. The van der Waals surface area contributed by atoms with Gasteiger partial charge in [0, 0.05) is 12.3 Å². The Hall–Kier alpha value is 0.0700. The van der Waals surface area contributed by atoms with E-state index in [1.165, 1.54) is 0 Å². The smallest absolute Gasteiger partial charge is 0.120 e. The molecule has 0 bridgehead atoms. The van der Waals surface area contributed by atoms with Crippen LogP contribution in [-0.4, -0.2) is 4.98 Å². The van der Waals surface area contributed by atoms with Crippen molar-refractivity contribution < 1.29 is 0 Å².